The second-order valence-electron chi connectivity index (χ2n) is 7.52. The Kier molecular flexibility index (Phi) is 4.93. The Labute approximate surface area is 189 Å². The fraction of sp³-hybridized carbons (Fsp3) is 0.130. The number of hydrogen-bond acceptors (Lipinski definition) is 4. The van der Waals surface area contributed by atoms with Crippen molar-refractivity contribution in [2.24, 2.45) is 0 Å². The highest BCUT2D eigenvalue weighted by Gasteiger charge is 2.33. The lowest BCUT2D eigenvalue weighted by Crippen LogP contribution is -2.22. The first kappa shape index (κ1) is 21.1. The second-order valence-corrected chi connectivity index (χ2v) is 7.93. The zero-order valence-corrected chi connectivity index (χ0v) is 17.8. The van der Waals surface area contributed by atoms with Crippen LogP contribution in [0.25, 0.3) is 27.6 Å². The van der Waals surface area contributed by atoms with Crippen molar-refractivity contribution in [3.8, 4) is 5.69 Å². The van der Waals surface area contributed by atoms with Crippen LogP contribution in [0.1, 0.15) is 24.1 Å². The SMILES string of the molecule is CC(c1cccc2cccnc12)n1nnc2ccn(-c3ccc(Cl)c(C(F)(F)F)c3)c(=O)c21. The number of pyridine rings is 2. The fourth-order valence-electron chi connectivity index (χ4n) is 3.90. The summed E-state index contributed by atoms with van der Waals surface area (Å²) < 4.78 is 42.6. The van der Waals surface area contributed by atoms with Crippen LogP contribution in [-0.4, -0.2) is 24.5 Å². The summed E-state index contributed by atoms with van der Waals surface area (Å²) in [4.78, 5) is 17.8. The number of rotatable bonds is 3. The van der Waals surface area contributed by atoms with E-state index < -0.39 is 28.4 Å². The summed E-state index contributed by atoms with van der Waals surface area (Å²) in [5.74, 6) is 0. The van der Waals surface area contributed by atoms with Gasteiger partial charge in [0.1, 0.15) is 5.52 Å². The highest BCUT2D eigenvalue weighted by atomic mass is 35.5. The maximum Gasteiger partial charge on any atom is 0.417 e. The van der Waals surface area contributed by atoms with Crippen LogP contribution in [-0.2, 0) is 6.18 Å². The molecule has 0 radical (unpaired) electrons. The molecule has 166 valence electrons. The van der Waals surface area contributed by atoms with E-state index >= 15 is 0 Å². The van der Waals surface area contributed by atoms with Crippen LogP contribution >= 0.6 is 11.6 Å². The molecule has 0 amide bonds. The van der Waals surface area contributed by atoms with Crippen molar-refractivity contribution in [2.45, 2.75) is 19.1 Å². The topological polar surface area (TPSA) is 65.6 Å². The van der Waals surface area contributed by atoms with Gasteiger partial charge in [0.2, 0.25) is 0 Å². The van der Waals surface area contributed by atoms with Crippen molar-refractivity contribution in [3.05, 3.63) is 93.5 Å². The molecule has 6 nitrogen and oxygen atoms in total. The lowest BCUT2D eigenvalue weighted by Gasteiger charge is -2.15. The van der Waals surface area contributed by atoms with Crippen LogP contribution < -0.4 is 5.56 Å². The molecule has 0 N–H and O–H groups in total. The largest absolute Gasteiger partial charge is 0.417 e. The molecule has 0 aliphatic rings. The number of benzene rings is 2. The Hall–Kier alpha value is -3.72. The summed E-state index contributed by atoms with van der Waals surface area (Å²) in [5.41, 5.74) is 0.567. The number of para-hydroxylation sites is 1. The van der Waals surface area contributed by atoms with Gasteiger partial charge >= 0.3 is 6.18 Å². The molecule has 0 bridgehead atoms. The van der Waals surface area contributed by atoms with Crippen molar-refractivity contribution < 1.29 is 13.2 Å². The fourth-order valence-corrected chi connectivity index (χ4v) is 4.13. The van der Waals surface area contributed by atoms with Gasteiger partial charge < -0.3 is 0 Å². The van der Waals surface area contributed by atoms with Gasteiger partial charge in [-0.25, -0.2) is 4.68 Å². The van der Waals surface area contributed by atoms with E-state index in [2.05, 4.69) is 15.3 Å². The summed E-state index contributed by atoms with van der Waals surface area (Å²) >= 11 is 5.73. The summed E-state index contributed by atoms with van der Waals surface area (Å²) in [6.07, 6.45) is -1.60. The molecule has 5 rings (SSSR count). The van der Waals surface area contributed by atoms with Crippen molar-refractivity contribution >= 4 is 33.5 Å². The minimum absolute atomic E-state index is 0.0332. The molecule has 0 fully saturated rings. The average molecular weight is 470 g/mol. The van der Waals surface area contributed by atoms with Crippen LogP contribution in [0.15, 0.2) is 71.8 Å². The number of nitrogens with zero attached hydrogens (tertiary/aromatic N) is 5. The molecule has 1 atom stereocenters. The van der Waals surface area contributed by atoms with Crippen LogP contribution in [0.5, 0.6) is 0 Å². The Morgan fingerprint density at radius 3 is 2.64 bits per heavy atom. The predicted octanol–water partition coefficient (Wildman–Crippen LogP) is 5.41. The Balaban J connectivity index is 1.69. The van der Waals surface area contributed by atoms with Crippen molar-refractivity contribution in [1.82, 2.24) is 24.5 Å². The molecule has 0 aliphatic heterocycles. The number of halogens is 4. The summed E-state index contributed by atoms with van der Waals surface area (Å²) in [5, 5.41) is 8.75. The molecule has 1 unspecified atom stereocenters. The highest BCUT2D eigenvalue weighted by molar-refractivity contribution is 6.31. The third kappa shape index (κ3) is 3.54. The standard InChI is InChI=1S/C23H15ClF3N5O/c1-13(16-6-2-4-14-5-3-10-28-20(14)16)32-21-19(29-30-32)9-11-31(22(21)33)15-7-8-18(24)17(12-15)23(25,26)27/h2-13H,1H3. The van der Waals surface area contributed by atoms with Gasteiger partial charge in [-0.2, -0.15) is 13.2 Å². The van der Waals surface area contributed by atoms with Crippen molar-refractivity contribution in [3.63, 3.8) is 0 Å². The minimum atomic E-state index is -4.65. The predicted molar refractivity (Wildman–Crippen MR) is 119 cm³/mol. The number of alkyl halides is 3. The lowest BCUT2D eigenvalue weighted by molar-refractivity contribution is -0.137. The van der Waals surface area contributed by atoms with Gasteiger partial charge in [-0.05, 0) is 37.3 Å². The van der Waals surface area contributed by atoms with Crippen molar-refractivity contribution in [1.29, 1.82) is 0 Å². The molecular weight excluding hydrogens is 455 g/mol. The van der Waals surface area contributed by atoms with Gasteiger partial charge in [-0.1, -0.05) is 41.1 Å². The Bertz CT molecular complexity index is 1570. The van der Waals surface area contributed by atoms with Gasteiger partial charge in [0.05, 0.1) is 22.1 Å². The number of hydrogen-bond donors (Lipinski definition) is 0. The minimum Gasteiger partial charge on any atom is -0.282 e. The zero-order chi connectivity index (χ0) is 23.3. The molecule has 5 aromatic rings. The lowest BCUT2D eigenvalue weighted by atomic mass is 10.0. The van der Waals surface area contributed by atoms with Gasteiger partial charge in [0.25, 0.3) is 5.56 Å². The molecule has 3 heterocycles. The van der Waals surface area contributed by atoms with E-state index in [9.17, 15) is 18.0 Å². The molecule has 10 heteroatoms. The van der Waals surface area contributed by atoms with E-state index in [0.717, 1.165) is 33.2 Å². The summed E-state index contributed by atoms with van der Waals surface area (Å²) in [6.45, 7) is 1.86. The van der Waals surface area contributed by atoms with Gasteiger partial charge in [-0.15, -0.1) is 5.10 Å². The highest BCUT2D eigenvalue weighted by Crippen LogP contribution is 2.35. The maximum absolute atomic E-state index is 13.4. The molecular formula is C23H15ClF3N5O. The van der Waals surface area contributed by atoms with Crippen LogP contribution in [0.3, 0.4) is 0 Å². The third-order valence-corrected chi connectivity index (χ3v) is 5.87. The molecule has 33 heavy (non-hydrogen) atoms. The zero-order valence-electron chi connectivity index (χ0n) is 17.1. The van der Waals surface area contributed by atoms with E-state index in [1.807, 2.05) is 37.3 Å². The van der Waals surface area contributed by atoms with E-state index in [4.69, 9.17) is 11.6 Å². The average Bonchev–Trinajstić information content (AvgIpc) is 3.23. The first-order valence-electron chi connectivity index (χ1n) is 9.93. The van der Waals surface area contributed by atoms with Crippen molar-refractivity contribution in [2.75, 3.05) is 0 Å². The number of aromatic nitrogens is 5. The van der Waals surface area contributed by atoms with Gasteiger partial charge in [0, 0.05) is 29.0 Å². The Morgan fingerprint density at radius 2 is 1.85 bits per heavy atom. The third-order valence-electron chi connectivity index (χ3n) is 5.54. The molecule has 2 aromatic carbocycles. The first-order chi connectivity index (χ1) is 15.8. The molecule has 0 spiro atoms. The normalized spacial score (nSPS) is 13.0. The second kappa shape index (κ2) is 7.70. The monoisotopic (exact) mass is 469 g/mol. The smallest absolute Gasteiger partial charge is 0.282 e. The van der Waals surface area contributed by atoms with Crippen LogP contribution in [0.2, 0.25) is 5.02 Å². The molecule has 0 saturated carbocycles. The van der Waals surface area contributed by atoms with Crippen LogP contribution in [0.4, 0.5) is 13.2 Å². The number of fused-ring (bicyclic) bond motifs is 2. The van der Waals surface area contributed by atoms with E-state index in [-0.39, 0.29) is 11.2 Å². The maximum atomic E-state index is 13.4. The summed E-state index contributed by atoms with van der Waals surface area (Å²) in [7, 11) is 0. The van der Waals surface area contributed by atoms with Crippen LogP contribution in [0, 0.1) is 0 Å². The molecule has 0 saturated heterocycles. The van der Waals surface area contributed by atoms with E-state index in [0.29, 0.717) is 5.52 Å². The van der Waals surface area contributed by atoms with Gasteiger partial charge in [0.15, 0.2) is 5.52 Å². The molecule has 3 aromatic heterocycles. The Morgan fingerprint density at radius 1 is 1.06 bits per heavy atom. The molecule has 0 aliphatic carbocycles. The van der Waals surface area contributed by atoms with E-state index in [1.165, 1.54) is 23.0 Å². The van der Waals surface area contributed by atoms with Gasteiger partial charge in [-0.3, -0.25) is 14.3 Å². The van der Waals surface area contributed by atoms with E-state index in [1.54, 1.807) is 6.20 Å². The summed E-state index contributed by atoms with van der Waals surface area (Å²) in [6, 6.07) is 13.9. The quantitative estimate of drug-likeness (QED) is 0.354. The first-order valence-corrected chi connectivity index (χ1v) is 10.3.